The van der Waals surface area contributed by atoms with Crippen molar-refractivity contribution in [3.63, 3.8) is 0 Å². The Hall–Kier alpha value is -2.77. The molecule has 7 heteroatoms. The lowest BCUT2D eigenvalue weighted by atomic mass is 10.0. The zero-order valence-electron chi connectivity index (χ0n) is 16.9. The molecule has 1 saturated heterocycles. The average molecular weight is 440 g/mol. The second-order valence-electron chi connectivity index (χ2n) is 6.90. The highest BCUT2D eigenvalue weighted by Gasteiger charge is 2.33. The minimum atomic E-state index is -0.209. The van der Waals surface area contributed by atoms with Crippen LogP contribution in [0.25, 0.3) is 6.08 Å². The van der Waals surface area contributed by atoms with Gasteiger partial charge in [0.2, 0.25) is 0 Å². The van der Waals surface area contributed by atoms with Gasteiger partial charge < -0.3 is 14.2 Å². The van der Waals surface area contributed by atoms with Crippen molar-refractivity contribution in [3.8, 4) is 17.2 Å². The topological polar surface area (TPSA) is 48.0 Å². The number of hydrogen-bond acceptors (Lipinski definition) is 6. The van der Waals surface area contributed by atoms with Gasteiger partial charge in [0, 0.05) is 5.56 Å². The van der Waals surface area contributed by atoms with Gasteiger partial charge in [0.15, 0.2) is 11.5 Å². The van der Waals surface area contributed by atoms with Crippen LogP contribution in [0.15, 0.2) is 59.0 Å². The maximum absolute atomic E-state index is 13.0. The molecule has 1 amide bonds. The molecular formula is C23H21NO4S2. The van der Waals surface area contributed by atoms with E-state index in [0.29, 0.717) is 21.5 Å². The summed E-state index contributed by atoms with van der Waals surface area (Å²) in [7, 11) is 3.25. The predicted octanol–water partition coefficient (Wildman–Crippen LogP) is 4.81. The van der Waals surface area contributed by atoms with E-state index in [1.165, 1.54) is 11.8 Å². The number of ether oxygens (including phenoxy) is 3. The van der Waals surface area contributed by atoms with Crippen molar-refractivity contribution in [2.75, 3.05) is 14.2 Å². The van der Waals surface area contributed by atoms with Gasteiger partial charge in [-0.15, -0.1) is 0 Å². The van der Waals surface area contributed by atoms with E-state index >= 15 is 0 Å². The minimum absolute atomic E-state index is 0.0923. The zero-order valence-corrected chi connectivity index (χ0v) is 18.5. The van der Waals surface area contributed by atoms with Gasteiger partial charge in [-0.25, -0.2) is 0 Å². The highest BCUT2D eigenvalue weighted by Crippen LogP contribution is 2.40. The fraction of sp³-hybridized carbons (Fsp3) is 0.217. The third-order valence-corrected chi connectivity index (χ3v) is 6.36. The van der Waals surface area contributed by atoms with Gasteiger partial charge in [0.25, 0.3) is 5.91 Å². The molecule has 0 aliphatic carbocycles. The Bertz CT molecular complexity index is 1060. The van der Waals surface area contributed by atoms with E-state index in [9.17, 15) is 4.79 Å². The molecule has 0 spiro atoms. The first-order valence-electron chi connectivity index (χ1n) is 9.43. The summed E-state index contributed by atoms with van der Waals surface area (Å²) < 4.78 is 17.2. The molecule has 2 aliphatic rings. The number of rotatable bonds is 5. The van der Waals surface area contributed by atoms with E-state index in [1.54, 1.807) is 19.1 Å². The van der Waals surface area contributed by atoms with Crippen molar-refractivity contribution < 1.29 is 19.0 Å². The van der Waals surface area contributed by atoms with E-state index in [1.807, 2.05) is 61.5 Å². The first kappa shape index (κ1) is 20.5. The van der Waals surface area contributed by atoms with Crippen LogP contribution in [0.5, 0.6) is 17.2 Å². The number of fused-ring (bicyclic) bond motifs is 1. The largest absolute Gasteiger partial charge is 0.497 e. The molecule has 30 heavy (non-hydrogen) atoms. The van der Waals surface area contributed by atoms with Gasteiger partial charge in [-0.3, -0.25) is 9.69 Å². The average Bonchev–Trinajstić information content (AvgIpc) is 3.01. The van der Waals surface area contributed by atoms with Crippen LogP contribution in [0.2, 0.25) is 0 Å². The summed E-state index contributed by atoms with van der Waals surface area (Å²) in [5.74, 6) is 2.10. The van der Waals surface area contributed by atoms with Gasteiger partial charge in [0.05, 0.1) is 25.7 Å². The van der Waals surface area contributed by atoms with Crippen molar-refractivity contribution in [3.05, 3.63) is 70.1 Å². The summed E-state index contributed by atoms with van der Waals surface area (Å²) in [6.07, 6.45) is 3.70. The van der Waals surface area contributed by atoms with Gasteiger partial charge >= 0.3 is 0 Å². The Morgan fingerprint density at radius 1 is 1.17 bits per heavy atom. The molecule has 1 fully saturated rings. The summed E-state index contributed by atoms with van der Waals surface area (Å²) in [6.45, 7) is 2.38. The number of methoxy groups -OCH3 is 2. The number of hydrogen-bond donors (Lipinski definition) is 0. The van der Waals surface area contributed by atoms with E-state index in [2.05, 4.69) is 0 Å². The molecule has 0 bridgehead atoms. The number of nitrogens with zero attached hydrogens (tertiary/aromatic N) is 1. The van der Waals surface area contributed by atoms with Gasteiger partial charge in [-0.05, 0) is 48.4 Å². The number of para-hydroxylation sites is 1. The first-order valence-corrected chi connectivity index (χ1v) is 10.7. The van der Waals surface area contributed by atoms with E-state index in [4.69, 9.17) is 26.4 Å². The molecule has 154 valence electrons. The number of thiocarbonyl (C=S) groups is 1. The molecule has 2 aromatic rings. The molecule has 0 aromatic heterocycles. The second-order valence-corrected chi connectivity index (χ2v) is 8.57. The normalized spacial score (nSPS) is 19.4. The Labute approximate surface area is 185 Å². The Morgan fingerprint density at radius 3 is 2.63 bits per heavy atom. The first-order chi connectivity index (χ1) is 14.5. The van der Waals surface area contributed by atoms with Gasteiger partial charge in [-0.1, -0.05) is 48.2 Å². The van der Waals surface area contributed by atoms with Crippen LogP contribution in [0.3, 0.4) is 0 Å². The Morgan fingerprint density at radius 2 is 1.93 bits per heavy atom. The number of amides is 1. The summed E-state index contributed by atoms with van der Waals surface area (Å²) in [4.78, 5) is 15.2. The molecule has 2 heterocycles. The molecule has 0 radical (unpaired) electrons. The zero-order chi connectivity index (χ0) is 21.3. The van der Waals surface area contributed by atoms with Crippen LogP contribution in [-0.2, 0) is 11.3 Å². The summed E-state index contributed by atoms with van der Waals surface area (Å²) in [5.41, 5.74) is 2.83. The lowest BCUT2D eigenvalue weighted by molar-refractivity contribution is -0.122. The lowest BCUT2D eigenvalue weighted by Gasteiger charge is -2.24. The van der Waals surface area contributed by atoms with Crippen LogP contribution in [0, 0.1) is 0 Å². The van der Waals surface area contributed by atoms with E-state index < -0.39 is 0 Å². The monoisotopic (exact) mass is 439 g/mol. The molecule has 1 atom stereocenters. The summed E-state index contributed by atoms with van der Waals surface area (Å²) in [6, 6.07) is 13.4. The van der Waals surface area contributed by atoms with Crippen molar-refractivity contribution in [1.82, 2.24) is 4.90 Å². The molecule has 4 rings (SSSR count). The van der Waals surface area contributed by atoms with Gasteiger partial charge in [0.1, 0.15) is 16.2 Å². The molecule has 2 aromatic carbocycles. The van der Waals surface area contributed by atoms with Crippen LogP contribution in [-0.4, -0.2) is 35.5 Å². The fourth-order valence-corrected chi connectivity index (χ4v) is 4.59. The molecule has 0 saturated carbocycles. The van der Waals surface area contributed by atoms with E-state index in [-0.39, 0.29) is 12.0 Å². The summed E-state index contributed by atoms with van der Waals surface area (Å²) >= 11 is 6.79. The van der Waals surface area contributed by atoms with Gasteiger partial charge in [-0.2, -0.15) is 0 Å². The van der Waals surface area contributed by atoms with E-state index in [0.717, 1.165) is 28.2 Å². The maximum atomic E-state index is 13.0. The van der Waals surface area contributed by atoms with Crippen LogP contribution in [0.1, 0.15) is 18.1 Å². The second kappa shape index (κ2) is 8.53. The predicted molar refractivity (Wildman–Crippen MR) is 123 cm³/mol. The fourth-order valence-electron chi connectivity index (χ4n) is 3.34. The summed E-state index contributed by atoms with van der Waals surface area (Å²) in [5, 5.41) is 0. The number of carbonyl (C=O) groups excluding carboxylic acids is 1. The molecule has 0 N–H and O–H groups in total. The SMILES string of the molecule is COc1ccc(CN2C(=O)C(=CC3=Cc4cccc(OC)c4OC3C)SC2=S)cc1. The smallest absolute Gasteiger partial charge is 0.266 e. The van der Waals surface area contributed by atoms with Crippen molar-refractivity contribution in [2.24, 2.45) is 0 Å². The third kappa shape index (κ3) is 3.95. The standard InChI is InChI=1S/C23H21NO4S2/c1-14-17(11-16-5-4-6-19(27-3)21(16)28-14)12-20-22(25)24(23(29)30-20)13-15-7-9-18(26-2)10-8-15/h4-12,14H,13H2,1-3H3. The van der Waals surface area contributed by atoms with Crippen LogP contribution >= 0.6 is 24.0 Å². The van der Waals surface area contributed by atoms with Crippen LogP contribution < -0.4 is 14.2 Å². The number of carbonyl (C=O) groups is 1. The number of benzene rings is 2. The number of thioether (sulfide) groups is 1. The van der Waals surface area contributed by atoms with Crippen molar-refractivity contribution in [2.45, 2.75) is 19.6 Å². The highest BCUT2D eigenvalue weighted by atomic mass is 32.2. The maximum Gasteiger partial charge on any atom is 0.266 e. The Balaban J connectivity index is 1.57. The Kier molecular flexibility index (Phi) is 5.83. The molecular weight excluding hydrogens is 418 g/mol. The molecule has 5 nitrogen and oxygen atoms in total. The minimum Gasteiger partial charge on any atom is -0.497 e. The quantitative estimate of drug-likeness (QED) is 0.492. The van der Waals surface area contributed by atoms with Crippen LogP contribution in [0.4, 0.5) is 0 Å². The van der Waals surface area contributed by atoms with Crippen molar-refractivity contribution in [1.29, 1.82) is 0 Å². The lowest BCUT2D eigenvalue weighted by Crippen LogP contribution is -2.27. The molecule has 2 aliphatic heterocycles. The highest BCUT2D eigenvalue weighted by molar-refractivity contribution is 8.26. The third-order valence-electron chi connectivity index (χ3n) is 4.99. The van der Waals surface area contributed by atoms with Crippen molar-refractivity contribution >= 4 is 40.3 Å². The molecule has 1 unspecified atom stereocenters.